The normalized spacial score (nSPS) is 17.0. The molecule has 1 unspecified atom stereocenters. The van der Waals surface area contributed by atoms with Gasteiger partial charge in [-0.15, -0.1) is 0 Å². The van der Waals surface area contributed by atoms with Crippen molar-refractivity contribution < 1.29 is 19.1 Å². The van der Waals surface area contributed by atoms with Crippen LogP contribution in [0.25, 0.3) is 0 Å². The van der Waals surface area contributed by atoms with Gasteiger partial charge in [-0.1, -0.05) is 6.07 Å². The van der Waals surface area contributed by atoms with E-state index < -0.39 is 0 Å². The van der Waals surface area contributed by atoms with Crippen LogP contribution in [0.3, 0.4) is 0 Å². The van der Waals surface area contributed by atoms with Gasteiger partial charge < -0.3 is 29.6 Å². The van der Waals surface area contributed by atoms with Gasteiger partial charge in [0, 0.05) is 31.5 Å². The Morgan fingerprint density at radius 3 is 2.89 bits per heavy atom. The number of benzene rings is 1. The van der Waals surface area contributed by atoms with Crippen molar-refractivity contribution in [3.05, 3.63) is 41.5 Å². The summed E-state index contributed by atoms with van der Waals surface area (Å²) in [4.78, 5) is 35.7. The molecule has 1 saturated heterocycles. The van der Waals surface area contributed by atoms with Crippen molar-refractivity contribution in [2.75, 3.05) is 26.4 Å². The molecule has 0 spiro atoms. The van der Waals surface area contributed by atoms with E-state index in [0.29, 0.717) is 31.2 Å². The van der Waals surface area contributed by atoms with E-state index in [1.54, 1.807) is 11.1 Å². The zero-order valence-electron chi connectivity index (χ0n) is 15.9. The molecule has 0 bridgehead atoms. The summed E-state index contributed by atoms with van der Waals surface area (Å²) in [5.74, 6) is 2.03. The van der Waals surface area contributed by atoms with Gasteiger partial charge in [-0.2, -0.15) is 0 Å². The molecule has 9 heteroatoms. The first kappa shape index (κ1) is 18.1. The van der Waals surface area contributed by atoms with Gasteiger partial charge >= 0.3 is 6.03 Å². The lowest BCUT2D eigenvalue weighted by atomic mass is 10.1. The van der Waals surface area contributed by atoms with Crippen molar-refractivity contribution >= 4 is 11.9 Å². The second-order valence-electron chi connectivity index (χ2n) is 7.05. The third-order valence-corrected chi connectivity index (χ3v) is 4.89. The van der Waals surface area contributed by atoms with Crippen molar-refractivity contribution in [2.24, 2.45) is 0 Å². The Morgan fingerprint density at radius 2 is 2.14 bits per heavy atom. The Kier molecular flexibility index (Phi) is 4.81. The molecule has 1 aromatic carbocycles. The smallest absolute Gasteiger partial charge is 0.318 e. The Morgan fingerprint density at radius 1 is 1.32 bits per heavy atom. The molecule has 1 aromatic heterocycles. The lowest BCUT2D eigenvalue weighted by Gasteiger charge is -2.34. The maximum Gasteiger partial charge on any atom is 0.318 e. The molecule has 2 aromatic rings. The van der Waals surface area contributed by atoms with Crippen LogP contribution >= 0.6 is 0 Å². The zero-order chi connectivity index (χ0) is 19.7. The molecule has 0 aliphatic carbocycles. The van der Waals surface area contributed by atoms with Crippen LogP contribution in [0.15, 0.2) is 24.4 Å². The highest BCUT2D eigenvalue weighted by Crippen LogP contribution is 2.32. The zero-order valence-corrected chi connectivity index (χ0v) is 15.9. The van der Waals surface area contributed by atoms with Crippen molar-refractivity contribution in [1.82, 2.24) is 25.1 Å². The molecule has 0 saturated carbocycles. The van der Waals surface area contributed by atoms with Gasteiger partial charge in [0.2, 0.25) is 12.7 Å². The van der Waals surface area contributed by atoms with Crippen molar-refractivity contribution in [3.63, 3.8) is 0 Å². The predicted molar refractivity (Wildman–Crippen MR) is 99.8 cm³/mol. The SMILES string of the molecule is Cc1cnc(C(C)NC(=O)N2CCN(Cc3ccc4c(c3)OCO4)C(=O)C2)[nH]1. The number of aromatic nitrogens is 2. The maximum atomic E-state index is 12.5. The fourth-order valence-corrected chi connectivity index (χ4v) is 3.31. The van der Waals surface area contributed by atoms with E-state index >= 15 is 0 Å². The number of aromatic amines is 1. The molecule has 3 amide bonds. The minimum absolute atomic E-state index is 0.0558. The van der Waals surface area contributed by atoms with Crippen molar-refractivity contribution in [3.8, 4) is 11.5 Å². The van der Waals surface area contributed by atoms with Crippen LogP contribution in [0.4, 0.5) is 4.79 Å². The van der Waals surface area contributed by atoms with Crippen LogP contribution in [0.5, 0.6) is 11.5 Å². The van der Waals surface area contributed by atoms with Gasteiger partial charge in [-0.05, 0) is 31.5 Å². The molecule has 2 aliphatic rings. The first-order valence-corrected chi connectivity index (χ1v) is 9.23. The number of piperazine rings is 1. The highest BCUT2D eigenvalue weighted by atomic mass is 16.7. The quantitative estimate of drug-likeness (QED) is 0.832. The van der Waals surface area contributed by atoms with Crippen molar-refractivity contribution in [2.45, 2.75) is 26.4 Å². The van der Waals surface area contributed by atoms with E-state index in [-0.39, 0.29) is 31.3 Å². The Hall–Kier alpha value is -3.23. The number of H-pyrrole nitrogens is 1. The number of nitrogens with one attached hydrogen (secondary N) is 2. The first-order chi connectivity index (χ1) is 13.5. The summed E-state index contributed by atoms with van der Waals surface area (Å²) in [5.41, 5.74) is 1.90. The number of carbonyl (C=O) groups is 2. The fraction of sp³-hybridized carbons (Fsp3) is 0.421. The third kappa shape index (κ3) is 3.73. The molecule has 9 nitrogen and oxygen atoms in total. The second kappa shape index (κ2) is 7.41. The van der Waals surface area contributed by atoms with E-state index in [1.807, 2.05) is 32.0 Å². The predicted octanol–water partition coefficient (Wildman–Crippen LogP) is 1.56. The van der Waals surface area contributed by atoms with Gasteiger partial charge in [-0.3, -0.25) is 4.79 Å². The molecular weight excluding hydrogens is 362 g/mol. The summed E-state index contributed by atoms with van der Waals surface area (Å²) < 4.78 is 10.7. The average Bonchev–Trinajstić information content (AvgIpc) is 3.31. The largest absolute Gasteiger partial charge is 0.454 e. The van der Waals surface area contributed by atoms with Crippen LogP contribution in [-0.2, 0) is 11.3 Å². The van der Waals surface area contributed by atoms with Gasteiger partial charge in [0.15, 0.2) is 11.5 Å². The number of ether oxygens (including phenoxy) is 2. The molecule has 2 aliphatic heterocycles. The van der Waals surface area contributed by atoms with Crippen LogP contribution in [0.2, 0.25) is 0 Å². The van der Waals surface area contributed by atoms with Gasteiger partial charge in [0.05, 0.1) is 6.04 Å². The number of fused-ring (bicyclic) bond motifs is 1. The molecule has 3 heterocycles. The summed E-state index contributed by atoms with van der Waals surface area (Å²) in [5, 5.41) is 2.88. The topological polar surface area (TPSA) is 99.8 Å². The number of aryl methyl sites for hydroxylation is 1. The number of hydrogen-bond donors (Lipinski definition) is 2. The maximum absolute atomic E-state index is 12.5. The molecule has 0 radical (unpaired) electrons. The van der Waals surface area contributed by atoms with E-state index in [4.69, 9.17) is 9.47 Å². The molecule has 2 N–H and O–H groups in total. The minimum Gasteiger partial charge on any atom is -0.454 e. The number of rotatable bonds is 4. The fourth-order valence-electron chi connectivity index (χ4n) is 3.31. The highest BCUT2D eigenvalue weighted by Gasteiger charge is 2.28. The van der Waals surface area contributed by atoms with Gasteiger partial charge in [0.1, 0.15) is 12.4 Å². The van der Waals surface area contributed by atoms with Gasteiger partial charge in [0.25, 0.3) is 0 Å². The van der Waals surface area contributed by atoms with Crippen molar-refractivity contribution in [1.29, 1.82) is 0 Å². The molecule has 1 fully saturated rings. The summed E-state index contributed by atoms with van der Waals surface area (Å²) in [6, 6.07) is 5.14. The van der Waals surface area contributed by atoms with Crippen LogP contribution in [-0.4, -0.2) is 58.1 Å². The van der Waals surface area contributed by atoms with Crippen LogP contribution < -0.4 is 14.8 Å². The monoisotopic (exact) mass is 385 g/mol. The van der Waals surface area contributed by atoms with E-state index in [1.165, 1.54) is 4.90 Å². The number of imidazole rings is 1. The van der Waals surface area contributed by atoms with E-state index in [2.05, 4.69) is 15.3 Å². The molecule has 148 valence electrons. The highest BCUT2D eigenvalue weighted by molar-refractivity contribution is 5.85. The van der Waals surface area contributed by atoms with Crippen LogP contribution in [0, 0.1) is 6.92 Å². The van der Waals surface area contributed by atoms with E-state index in [9.17, 15) is 9.59 Å². The Balaban J connectivity index is 1.32. The lowest BCUT2D eigenvalue weighted by Crippen LogP contribution is -2.54. The minimum atomic E-state index is -0.266. The van der Waals surface area contributed by atoms with Crippen LogP contribution in [0.1, 0.15) is 30.0 Å². The average molecular weight is 385 g/mol. The molecule has 28 heavy (non-hydrogen) atoms. The summed E-state index contributed by atoms with van der Waals surface area (Å²) in [6.45, 7) is 5.48. The second-order valence-corrected chi connectivity index (χ2v) is 7.05. The number of carbonyl (C=O) groups excluding carboxylic acids is 2. The number of amides is 3. The van der Waals surface area contributed by atoms with Gasteiger partial charge in [-0.25, -0.2) is 9.78 Å². The lowest BCUT2D eigenvalue weighted by molar-refractivity contribution is -0.135. The number of urea groups is 1. The summed E-state index contributed by atoms with van der Waals surface area (Å²) in [6.07, 6.45) is 1.72. The molecule has 1 atom stereocenters. The molecule has 4 rings (SSSR count). The standard InChI is InChI=1S/C19H23N5O4/c1-12-8-20-18(21-12)13(2)22-19(26)24-6-5-23(17(25)10-24)9-14-3-4-15-16(7-14)28-11-27-15/h3-4,7-8,13H,5-6,9-11H2,1-2H3,(H,20,21)(H,22,26). The number of nitrogens with zero attached hydrogens (tertiary/aromatic N) is 3. The summed E-state index contributed by atoms with van der Waals surface area (Å²) >= 11 is 0. The third-order valence-electron chi connectivity index (χ3n) is 4.89. The Bertz CT molecular complexity index is 896. The van der Waals surface area contributed by atoms with E-state index in [0.717, 1.165) is 17.0 Å². The number of hydrogen-bond acceptors (Lipinski definition) is 5. The summed E-state index contributed by atoms with van der Waals surface area (Å²) in [7, 11) is 0. The Labute approximate surface area is 162 Å². The molecular formula is C19H23N5O4. The first-order valence-electron chi connectivity index (χ1n) is 9.23.